The van der Waals surface area contributed by atoms with Gasteiger partial charge >= 0.3 is 0 Å². The smallest absolute Gasteiger partial charge is 0.278 e. The van der Waals surface area contributed by atoms with E-state index < -0.39 is 0 Å². The maximum Gasteiger partial charge on any atom is 0.278 e. The lowest BCUT2D eigenvalue weighted by Crippen LogP contribution is -2.35. The summed E-state index contributed by atoms with van der Waals surface area (Å²) in [4.78, 5) is 14.5. The van der Waals surface area contributed by atoms with E-state index in [4.69, 9.17) is 9.26 Å². The lowest BCUT2D eigenvalue weighted by Gasteiger charge is -2.26. The fourth-order valence-corrected chi connectivity index (χ4v) is 3.08. The number of benzene rings is 1. The second-order valence-corrected chi connectivity index (χ2v) is 6.31. The number of aromatic amines is 1. The van der Waals surface area contributed by atoms with Gasteiger partial charge in [0.1, 0.15) is 11.5 Å². The number of morpholine rings is 1. The predicted molar refractivity (Wildman–Crippen MR) is 92.9 cm³/mol. The number of hydrogen-bond donors (Lipinski definition) is 1. The first-order chi connectivity index (χ1) is 12.2. The molecule has 0 atom stereocenters. The maximum atomic E-state index is 5.42. The van der Waals surface area contributed by atoms with Crippen LogP contribution in [0.3, 0.4) is 0 Å². The second-order valence-electron chi connectivity index (χ2n) is 6.31. The molecule has 7 nitrogen and oxygen atoms in total. The average Bonchev–Trinajstić information content (AvgIpc) is 3.22. The highest BCUT2D eigenvalue weighted by Crippen LogP contribution is 2.24. The predicted octanol–water partition coefficient (Wildman–Crippen LogP) is 2.58. The van der Waals surface area contributed by atoms with E-state index in [1.807, 2.05) is 26.0 Å². The fourth-order valence-electron chi connectivity index (χ4n) is 3.08. The number of H-pyrrole nitrogens is 1. The molecule has 3 heterocycles. The highest BCUT2D eigenvalue weighted by molar-refractivity contribution is 5.59. The van der Waals surface area contributed by atoms with Crippen LogP contribution in [0.15, 0.2) is 28.8 Å². The molecular weight excluding hydrogens is 318 g/mol. The number of nitrogens with zero attached hydrogens (tertiary/aromatic N) is 4. The number of aryl methyl sites for hydroxylation is 2. The number of hydrogen-bond acceptors (Lipinski definition) is 6. The molecule has 0 saturated carbocycles. The van der Waals surface area contributed by atoms with Crippen molar-refractivity contribution in [3.8, 4) is 23.0 Å². The van der Waals surface area contributed by atoms with Crippen molar-refractivity contribution in [2.24, 2.45) is 0 Å². The molecular formula is C18H21N5O2. The summed E-state index contributed by atoms with van der Waals surface area (Å²) in [5, 5.41) is 4.13. The molecule has 25 heavy (non-hydrogen) atoms. The molecule has 0 amide bonds. The number of ether oxygens (including phenoxy) is 1. The van der Waals surface area contributed by atoms with Crippen LogP contribution in [0.4, 0.5) is 0 Å². The zero-order valence-electron chi connectivity index (χ0n) is 14.5. The molecule has 0 unspecified atom stereocenters. The molecule has 7 heteroatoms. The Labute approximate surface area is 146 Å². The van der Waals surface area contributed by atoms with E-state index in [2.05, 4.69) is 37.1 Å². The van der Waals surface area contributed by atoms with Crippen molar-refractivity contribution in [3.05, 3.63) is 41.3 Å². The highest BCUT2D eigenvalue weighted by Gasteiger charge is 2.16. The molecule has 1 saturated heterocycles. The molecule has 0 spiro atoms. The summed E-state index contributed by atoms with van der Waals surface area (Å²) in [5.41, 5.74) is 3.82. The molecule has 1 fully saturated rings. The van der Waals surface area contributed by atoms with Gasteiger partial charge in [-0.3, -0.25) is 4.90 Å². The lowest BCUT2D eigenvalue weighted by molar-refractivity contribution is 0.0342. The summed E-state index contributed by atoms with van der Waals surface area (Å²) in [5.74, 6) is 1.86. The number of imidazole rings is 1. The molecule has 4 rings (SSSR count). The summed E-state index contributed by atoms with van der Waals surface area (Å²) < 4.78 is 10.8. The van der Waals surface area contributed by atoms with Gasteiger partial charge in [-0.25, -0.2) is 4.98 Å². The Kier molecular flexibility index (Phi) is 4.33. The van der Waals surface area contributed by atoms with E-state index >= 15 is 0 Å². The lowest BCUT2D eigenvalue weighted by atomic mass is 10.1. The van der Waals surface area contributed by atoms with Crippen LogP contribution in [0.25, 0.3) is 23.0 Å². The van der Waals surface area contributed by atoms with E-state index in [9.17, 15) is 0 Å². The first kappa shape index (κ1) is 16.0. The molecule has 130 valence electrons. The Balaban J connectivity index is 1.56. The van der Waals surface area contributed by atoms with E-state index in [-0.39, 0.29) is 0 Å². The molecule has 1 N–H and O–H groups in total. The van der Waals surface area contributed by atoms with Gasteiger partial charge < -0.3 is 14.2 Å². The van der Waals surface area contributed by atoms with Crippen molar-refractivity contribution in [1.29, 1.82) is 0 Å². The van der Waals surface area contributed by atoms with E-state index in [0.717, 1.165) is 49.9 Å². The Morgan fingerprint density at radius 2 is 2.00 bits per heavy atom. The molecule has 1 aromatic carbocycles. The second kappa shape index (κ2) is 6.78. The van der Waals surface area contributed by atoms with Crippen molar-refractivity contribution >= 4 is 0 Å². The third-order valence-corrected chi connectivity index (χ3v) is 4.33. The quantitative estimate of drug-likeness (QED) is 0.787. The van der Waals surface area contributed by atoms with Crippen molar-refractivity contribution in [2.75, 3.05) is 26.3 Å². The molecule has 3 aromatic rings. The maximum absolute atomic E-state index is 5.42. The molecule has 0 radical (unpaired) electrons. The van der Waals surface area contributed by atoms with E-state index in [0.29, 0.717) is 17.4 Å². The summed E-state index contributed by atoms with van der Waals surface area (Å²) in [6, 6.07) is 8.28. The van der Waals surface area contributed by atoms with Gasteiger partial charge in [-0.05, 0) is 25.5 Å². The fraction of sp³-hybridized carbons (Fsp3) is 0.389. The van der Waals surface area contributed by atoms with Crippen LogP contribution >= 0.6 is 0 Å². The highest BCUT2D eigenvalue weighted by atomic mass is 16.5. The topological polar surface area (TPSA) is 80.1 Å². The van der Waals surface area contributed by atoms with Crippen molar-refractivity contribution < 1.29 is 9.26 Å². The minimum atomic E-state index is 0.440. The van der Waals surface area contributed by atoms with Crippen LogP contribution in [0, 0.1) is 13.8 Å². The minimum Gasteiger partial charge on any atom is -0.379 e. The summed E-state index contributed by atoms with van der Waals surface area (Å²) >= 11 is 0. The van der Waals surface area contributed by atoms with E-state index in [1.54, 1.807) is 0 Å². The van der Waals surface area contributed by atoms with Gasteiger partial charge in [0.25, 0.3) is 5.89 Å². The zero-order chi connectivity index (χ0) is 17.2. The van der Waals surface area contributed by atoms with Crippen molar-refractivity contribution in [2.45, 2.75) is 20.4 Å². The first-order valence-corrected chi connectivity index (χ1v) is 8.46. The molecule has 1 aliphatic rings. The normalized spacial score (nSPS) is 15.6. The number of aromatic nitrogens is 4. The molecule has 2 aromatic heterocycles. The molecule has 0 bridgehead atoms. The van der Waals surface area contributed by atoms with Crippen LogP contribution in [0.1, 0.15) is 17.1 Å². The Morgan fingerprint density at radius 1 is 1.16 bits per heavy atom. The molecule has 0 aliphatic carbocycles. The van der Waals surface area contributed by atoms with Gasteiger partial charge in [-0.15, -0.1) is 0 Å². The number of rotatable bonds is 4. The van der Waals surface area contributed by atoms with Gasteiger partial charge in [0.2, 0.25) is 5.82 Å². The van der Waals surface area contributed by atoms with Crippen LogP contribution in [-0.4, -0.2) is 51.3 Å². The van der Waals surface area contributed by atoms with Gasteiger partial charge in [-0.1, -0.05) is 23.4 Å². The van der Waals surface area contributed by atoms with Gasteiger partial charge in [0.05, 0.1) is 13.2 Å². The van der Waals surface area contributed by atoms with Crippen molar-refractivity contribution in [3.63, 3.8) is 0 Å². The van der Waals surface area contributed by atoms with Crippen molar-refractivity contribution in [1.82, 2.24) is 25.0 Å². The van der Waals surface area contributed by atoms with Gasteiger partial charge in [0.15, 0.2) is 0 Å². The Bertz CT molecular complexity index is 864. The first-order valence-electron chi connectivity index (χ1n) is 8.46. The largest absolute Gasteiger partial charge is 0.379 e. The SMILES string of the molecule is Cc1nc(-c2nc(-c3cccc(CN4CCOCC4)c3)no2)c(C)[nH]1. The van der Waals surface area contributed by atoms with Gasteiger partial charge in [-0.2, -0.15) is 4.98 Å². The standard InChI is InChI=1S/C18H21N5O2/c1-12-16(20-13(2)19-12)18-21-17(22-25-18)15-5-3-4-14(10-15)11-23-6-8-24-9-7-23/h3-5,10H,6-9,11H2,1-2H3,(H,19,20). The summed E-state index contributed by atoms with van der Waals surface area (Å²) in [6.45, 7) is 8.29. The third kappa shape index (κ3) is 3.47. The van der Waals surface area contributed by atoms with Gasteiger partial charge in [0, 0.05) is 30.9 Å². The van der Waals surface area contributed by atoms with Crippen LogP contribution < -0.4 is 0 Å². The van der Waals surface area contributed by atoms with E-state index in [1.165, 1.54) is 5.56 Å². The summed E-state index contributed by atoms with van der Waals surface area (Å²) in [6.07, 6.45) is 0. The average molecular weight is 339 g/mol. The number of nitrogens with one attached hydrogen (secondary N) is 1. The Hall–Kier alpha value is -2.51. The van der Waals surface area contributed by atoms with Crippen LogP contribution in [0.5, 0.6) is 0 Å². The zero-order valence-corrected chi connectivity index (χ0v) is 14.5. The third-order valence-electron chi connectivity index (χ3n) is 4.33. The molecule has 1 aliphatic heterocycles. The monoisotopic (exact) mass is 339 g/mol. The Morgan fingerprint density at radius 3 is 2.76 bits per heavy atom. The van der Waals surface area contributed by atoms with Crippen LogP contribution in [-0.2, 0) is 11.3 Å². The summed E-state index contributed by atoms with van der Waals surface area (Å²) in [7, 11) is 0. The van der Waals surface area contributed by atoms with Crippen LogP contribution in [0.2, 0.25) is 0 Å². The minimum absolute atomic E-state index is 0.440.